The number of benzene rings is 2. The average molecular weight is 502 g/mol. The molecule has 9 heteroatoms. The number of rotatable bonds is 13. The van der Waals surface area contributed by atoms with Crippen molar-refractivity contribution in [2.45, 2.75) is 27.2 Å². The minimum atomic E-state index is -0.174. The van der Waals surface area contributed by atoms with E-state index in [9.17, 15) is 4.79 Å². The first-order chi connectivity index (χ1) is 16.9. The molecular formula is C26H35N3O5S. The van der Waals surface area contributed by atoms with Crippen molar-refractivity contribution in [2.24, 2.45) is 0 Å². The molecule has 0 bridgehead atoms. The van der Waals surface area contributed by atoms with E-state index in [0.717, 1.165) is 23.2 Å². The van der Waals surface area contributed by atoms with Gasteiger partial charge in [-0.3, -0.25) is 9.69 Å². The number of thiazole rings is 1. The minimum absolute atomic E-state index is 0.174. The maximum absolute atomic E-state index is 13.9. The number of amides is 1. The molecule has 0 aliphatic heterocycles. The first-order valence-electron chi connectivity index (χ1n) is 11.9. The third kappa shape index (κ3) is 6.35. The number of methoxy groups -OCH3 is 1. The molecule has 3 aromatic rings. The molecule has 0 saturated carbocycles. The second-order valence-corrected chi connectivity index (χ2v) is 9.03. The fraction of sp³-hybridized carbons (Fsp3) is 0.462. The lowest BCUT2D eigenvalue weighted by Gasteiger charge is -2.22. The van der Waals surface area contributed by atoms with Crippen LogP contribution in [0.3, 0.4) is 0 Å². The van der Waals surface area contributed by atoms with E-state index in [0.29, 0.717) is 60.1 Å². The summed E-state index contributed by atoms with van der Waals surface area (Å²) < 4.78 is 23.9. The monoisotopic (exact) mass is 501 g/mol. The van der Waals surface area contributed by atoms with Gasteiger partial charge in [0.25, 0.3) is 5.91 Å². The van der Waals surface area contributed by atoms with Gasteiger partial charge in [0, 0.05) is 12.1 Å². The molecule has 1 heterocycles. The molecule has 0 fully saturated rings. The third-order valence-corrected chi connectivity index (χ3v) is 6.25. The number of aromatic nitrogens is 1. The van der Waals surface area contributed by atoms with E-state index in [4.69, 9.17) is 23.9 Å². The lowest BCUT2D eigenvalue weighted by molar-refractivity contribution is 0.0985. The van der Waals surface area contributed by atoms with Gasteiger partial charge in [0.15, 0.2) is 16.6 Å². The number of carbonyl (C=O) groups is 1. The second kappa shape index (κ2) is 12.6. The Balaban J connectivity index is 2.07. The van der Waals surface area contributed by atoms with E-state index < -0.39 is 0 Å². The lowest BCUT2D eigenvalue weighted by Crippen LogP contribution is -2.33. The SMILES string of the molecule is CCOc1cc(C(=O)N(CCCN(C)C)c2nc3c(OC)cccc3s2)cc(OCC)c1OCC. The normalized spacial score (nSPS) is 11.1. The fourth-order valence-corrected chi connectivity index (χ4v) is 4.70. The Morgan fingerprint density at radius 1 is 0.943 bits per heavy atom. The van der Waals surface area contributed by atoms with Gasteiger partial charge in [-0.05, 0) is 72.1 Å². The lowest BCUT2D eigenvalue weighted by atomic mass is 10.1. The van der Waals surface area contributed by atoms with Crippen LogP contribution in [0.2, 0.25) is 0 Å². The van der Waals surface area contributed by atoms with Crippen LogP contribution < -0.4 is 23.8 Å². The molecule has 8 nitrogen and oxygen atoms in total. The molecule has 0 atom stereocenters. The zero-order chi connectivity index (χ0) is 25.4. The van der Waals surface area contributed by atoms with Crippen LogP contribution in [0.5, 0.6) is 23.0 Å². The predicted molar refractivity (Wildman–Crippen MR) is 141 cm³/mol. The third-order valence-electron chi connectivity index (χ3n) is 5.21. The number of nitrogens with zero attached hydrogens (tertiary/aromatic N) is 3. The first-order valence-corrected chi connectivity index (χ1v) is 12.7. The van der Waals surface area contributed by atoms with Gasteiger partial charge in [0.05, 0.1) is 31.6 Å². The summed E-state index contributed by atoms with van der Waals surface area (Å²) in [5.41, 5.74) is 1.20. The minimum Gasteiger partial charge on any atom is -0.494 e. The summed E-state index contributed by atoms with van der Waals surface area (Å²) in [5.74, 6) is 2.00. The Labute approximate surface area is 211 Å². The number of ether oxygens (including phenoxy) is 4. The van der Waals surface area contributed by atoms with Gasteiger partial charge < -0.3 is 23.8 Å². The van der Waals surface area contributed by atoms with Crippen LogP contribution in [-0.2, 0) is 0 Å². The van der Waals surface area contributed by atoms with Crippen LogP contribution in [0.1, 0.15) is 37.6 Å². The molecule has 0 aliphatic rings. The van der Waals surface area contributed by atoms with Gasteiger partial charge >= 0.3 is 0 Å². The maximum atomic E-state index is 13.9. The predicted octanol–water partition coefficient (Wildman–Crippen LogP) is 5.10. The molecule has 190 valence electrons. The van der Waals surface area contributed by atoms with Crippen LogP contribution in [0.15, 0.2) is 30.3 Å². The van der Waals surface area contributed by atoms with Crippen molar-refractivity contribution in [3.05, 3.63) is 35.9 Å². The van der Waals surface area contributed by atoms with Crippen LogP contribution in [0, 0.1) is 0 Å². The summed E-state index contributed by atoms with van der Waals surface area (Å²) >= 11 is 1.47. The van der Waals surface area contributed by atoms with E-state index >= 15 is 0 Å². The van der Waals surface area contributed by atoms with Gasteiger partial charge in [0.2, 0.25) is 5.75 Å². The number of hydrogen-bond acceptors (Lipinski definition) is 8. The Bertz CT molecular complexity index is 1100. The van der Waals surface area contributed by atoms with E-state index in [1.165, 1.54) is 11.3 Å². The molecule has 2 aromatic carbocycles. The number of fused-ring (bicyclic) bond motifs is 1. The topological polar surface area (TPSA) is 73.4 Å². The van der Waals surface area contributed by atoms with E-state index in [2.05, 4.69) is 4.90 Å². The highest BCUT2D eigenvalue weighted by Crippen LogP contribution is 2.40. The number of anilines is 1. The van der Waals surface area contributed by atoms with Crippen LogP contribution in [0.4, 0.5) is 5.13 Å². The summed E-state index contributed by atoms with van der Waals surface area (Å²) in [7, 11) is 5.66. The molecule has 0 unspecified atom stereocenters. The summed E-state index contributed by atoms with van der Waals surface area (Å²) in [6.45, 7) is 8.38. The van der Waals surface area contributed by atoms with Crippen molar-refractivity contribution in [2.75, 3.05) is 59.0 Å². The molecule has 0 spiro atoms. The van der Waals surface area contributed by atoms with Crippen molar-refractivity contribution in [1.82, 2.24) is 9.88 Å². The molecule has 0 radical (unpaired) electrons. The Morgan fingerprint density at radius 3 is 2.17 bits per heavy atom. The fourth-order valence-electron chi connectivity index (χ4n) is 3.69. The van der Waals surface area contributed by atoms with Crippen molar-refractivity contribution < 1.29 is 23.7 Å². The molecule has 0 aliphatic carbocycles. The van der Waals surface area contributed by atoms with Crippen molar-refractivity contribution in [3.8, 4) is 23.0 Å². The molecule has 0 N–H and O–H groups in total. The smallest absolute Gasteiger partial charge is 0.260 e. The van der Waals surface area contributed by atoms with Gasteiger partial charge in [-0.25, -0.2) is 4.98 Å². The van der Waals surface area contributed by atoms with Gasteiger partial charge in [-0.15, -0.1) is 0 Å². The van der Waals surface area contributed by atoms with Crippen molar-refractivity contribution in [3.63, 3.8) is 0 Å². The summed E-state index contributed by atoms with van der Waals surface area (Å²) in [4.78, 5) is 22.6. The Kier molecular flexibility index (Phi) is 9.56. The summed E-state index contributed by atoms with van der Waals surface area (Å²) in [6.07, 6.45) is 0.791. The van der Waals surface area contributed by atoms with Crippen LogP contribution >= 0.6 is 11.3 Å². The van der Waals surface area contributed by atoms with E-state index in [-0.39, 0.29) is 5.91 Å². The van der Waals surface area contributed by atoms with E-state index in [1.54, 1.807) is 24.1 Å². The standard InChI is InChI=1S/C26H35N3O5S/c1-7-32-20-16-18(17-21(33-8-2)24(20)34-9-3)25(30)29(15-11-14-28(4)5)26-27-23-19(31-6)12-10-13-22(23)35-26/h10,12-13,16-17H,7-9,11,14-15H2,1-6H3. The van der Waals surface area contributed by atoms with Crippen molar-refractivity contribution >= 4 is 32.6 Å². The number of hydrogen-bond donors (Lipinski definition) is 0. The zero-order valence-electron chi connectivity index (χ0n) is 21.4. The first kappa shape index (κ1) is 26.6. The van der Waals surface area contributed by atoms with Crippen molar-refractivity contribution in [1.29, 1.82) is 0 Å². The van der Waals surface area contributed by atoms with E-state index in [1.807, 2.05) is 53.1 Å². The molecule has 3 rings (SSSR count). The molecule has 1 aromatic heterocycles. The summed E-state index contributed by atoms with van der Waals surface area (Å²) in [5, 5.41) is 0.623. The van der Waals surface area contributed by atoms with Gasteiger partial charge in [-0.1, -0.05) is 17.4 Å². The second-order valence-electron chi connectivity index (χ2n) is 8.02. The molecule has 0 saturated heterocycles. The summed E-state index contributed by atoms with van der Waals surface area (Å²) in [6, 6.07) is 9.24. The molecular weight excluding hydrogens is 466 g/mol. The quantitative estimate of drug-likeness (QED) is 0.323. The number of carbonyl (C=O) groups excluding carboxylic acids is 1. The molecule has 1 amide bonds. The highest BCUT2D eigenvalue weighted by Gasteiger charge is 2.25. The van der Waals surface area contributed by atoms with Gasteiger partial charge in [-0.2, -0.15) is 0 Å². The zero-order valence-corrected chi connectivity index (χ0v) is 22.2. The molecule has 35 heavy (non-hydrogen) atoms. The van der Waals surface area contributed by atoms with Crippen LogP contribution in [0.25, 0.3) is 10.2 Å². The largest absolute Gasteiger partial charge is 0.494 e. The Morgan fingerprint density at radius 2 is 1.60 bits per heavy atom. The maximum Gasteiger partial charge on any atom is 0.260 e. The Hall–Kier alpha value is -3.04. The highest BCUT2D eigenvalue weighted by molar-refractivity contribution is 7.22. The number of para-hydroxylation sites is 1. The van der Waals surface area contributed by atoms with Crippen LogP contribution in [-0.4, -0.2) is 69.9 Å². The highest BCUT2D eigenvalue weighted by atomic mass is 32.1. The average Bonchev–Trinajstić information content (AvgIpc) is 3.27. The van der Waals surface area contributed by atoms with Gasteiger partial charge in [0.1, 0.15) is 11.3 Å².